The topological polar surface area (TPSA) is 81.0 Å². The fraction of sp³-hybridized carbons (Fsp3) is 0.393. The molecule has 1 saturated heterocycles. The van der Waals surface area contributed by atoms with Crippen LogP contribution in [0.3, 0.4) is 0 Å². The summed E-state index contributed by atoms with van der Waals surface area (Å²) in [4.78, 5) is 25.1. The number of methoxy groups -OCH3 is 1. The zero-order chi connectivity index (χ0) is 25.9. The second-order valence-corrected chi connectivity index (χ2v) is 11.2. The first-order valence-electron chi connectivity index (χ1n) is 12.8. The average molecular weight is 534 g/mol. The molecule has 9 heteroatoms. The molecule has 37 heavy (non-hydrogen) atoms. The Labute approximate surface area is 226 Å². The summed E-state index contributed by atoms with van der Waals surface area (Å²) >= 11 is 3.09. The first-order valence-corrected chi connectivity index (χ1v) is 14.5. The highest BCUT2D eigenvalue weighted by atomic mass is 32.2. The van der Waals surface area contributed by atoms with Crippen LogP contribution in [0.4, 0.5) is 17.1 Å². The Morgan fingerprint density at radius 1 is 1.14 bits per heavy atom. The number of fused-ring (bicyclic) bond motifs is 1. The van der Waals surface area contributed by atoms with Gasteiger partial charge in [0.05, 0.1) is 35.8 Å². The van der Waals surface area contributed by atoms with Crippen LogP contribution in [-0.4, -0.2) is 42.2 Å². The quantitative estimate of drug-likeness (QED) is 0.414. The average Bonchev–Trinajstić information content (AvgIpc) is 3.46. The van der Waals surface area contributed by atoms with Gasteiger partial charge in [-0.25, -0.2) is 4.99 Å². The third-order valence-electron chi connectivity index (χ3n) is 6.88. The molecule has 2 aliphatic heterocycles. The molecular formula is C28H31N5O2S2. The number of amidine groups is 1. The molecule has 2 fully saturated rings. The minimum Gasteiger partial charge on any atom is -0.497 e. The zero-order valence-corrected chi connectivity index (χ0v) is 23.0. The van der Waals surface area contributed by atoms with Gasteiger partial charge >= 0.3 is 0 Å². The number of nitriles is 1. The number of benzene rings is 2. The minimum absolute atomic E-state index is 0.0257. The molecule has 1 amide bonds. The zero-order valence-electron chi connectivity index (χ0n) is 21.4. The number of aliphatic imine (C=N–C) groups is 1. The van der Waals surface area contributed by atoms with E-state index in [0.29, 0.717) is 21.3 Å². The van der Waals surface area contributed by atoms with E-state index in [9.17, 15) is 10.1 Å². The Balaban J connectivity index is 1.60. The lowest BCUT2D eigenvalue weighted by Crippen LogP contribution is -2.40. The molecule has 1 aliphatic carbocycles. The van der Waals surface area contributed by atoms with Gasteiger partial charge in [-0.1, -0.05) is 31.0 Å². The molecule has 0 spiro atoms. The van der Waals surface area contributed by atoms with Crippen LogP contribution in [-0.2, 0) is 4.79 Å². The predicted octanol–water partition coefficient (Wildman–Crippen LogP) is 6.70. The number of rotatable bonds is 6. The molecule has 0 bridgehead atoms. The fourth-order valence-corrected chi connectivity index (χ4v) is 7.49. The number of hydrogen-bond donors (Lipinski definition) is 1. The normalized spacial score (nSPS) is 20.9. The first-order chi connectivity index (χ1) is 18.1. The monoisotopic (exact) mass is 533 g/mol. The van der Waals surface area contributed by atoms with E-state index in [1.54, 1.807) is 31.0 Å². The molecule has 2 heterocycles. The van der Waals surface area contributed by atoms with Crippen LogP contribution >= 0.6 is 23.5 Å². The van der Waals surface area contributed by atoms with Crippen LogP contribution in [0.25, 0.3) is 0 Å². The number of nitrogens with one attached hydrogen (secondary N) is 1. The number of amides is 1. The predicted molar refractivity (Wildman–Crippen MR) is 153 cm³/mol. The Morgan fingerprint density at radius 2 is 1.95 bits per heavy atom. The van der Waals surface area contributed by atoms with Crippen molar-refractivity contribution in [2.24, 2.45) is 4.99 Å². The van der Waals surface area contributed by atoms with Gasteiger partial charge < -0.3 is 15.0 Å². The summed E-state index contributed by atoms with van der Waals surface area (Å²) in [6.45, 7) is 5.61. The molecule has 1 saturated carbocycles. The smallest absolute Gasteiger partial charge is 0.269 e. The van der Waals surface area contributed by atoms with Gasteiger partial charge in [0, 0.05) is 30.1 Å². The molecule has 192 valence electrons. The van der Waals surface area contributed by atoms with E-state index in [4.69, 9.17) is 9.73 Å². The second-order valence-electron chi connectivity index (χ2n) is 9.15. The van der Waals surface area contributed by atoms with Gasteiger partial charge in [-0.05, 0) is 68.8 Å². The molecule has 0 aromatic heterocycles. The van der Waals surface area contributed by atoms with Crippen LogP contribution in [0.1, 0.15) is 51.5 Å². The van der Waals surface area contributed by atoms with E-state index in [1.165, 1.54) is 18.2 Å². The number of carbonyl (C=O) groups is 1. The molecule has 0 radical (unpaired) electrons. The van der Waals surface area contributed by atoms with Crippen molar-refractivity contribution in [2.75, 3.05) is 30.4 Å². The van der Waals surface area contributed by atoms with Gasteiger partial charge in [0.2, 0.25) is 0 Å². The molecule has 1 N–H and O–H groups in total. The lowest BCUT2D eigenvalue weighted by atomic mass is 9.94. The highest BCUT2D eigenvalue weighted by Crippen LogP contribution is 2.52. The first kappa shape index (κ1) is 25.6. The van der Waals surface area contributed by atoms with Crippen LogP contribution in [0, 0.1) is 11.3 Å². The van der Waals surface area contributed by atoms with Crippen molar-refractivity contribution in [1.29, 1.82) is 5.26 Å². The third kappa shape index (κ3) is 4.92. The van der Waals surface area contributed by atoms with Gasteiger partial charge in [-0.2, -0.15) is 5.26 Å². The molecule has 2 aromatic carbocycles. The summed E-state index contributed by atoms with van der Waals surface area (Å²) < 4.78 is 5.46. The van der Waals surface area contributed by atoms with Crippen LogP contribution in [0.5, 0.6) is 5.75 Å². The van der Waals surface area contributed by atoms with Gasteiger partial charge in [0.15, 0.2) is 5.17 Å². The second kappa shape index (κ2) is 11.1. The Morgan fingerprint density at radius 3 is 2.65 bits per heavy atom. The van der Waals surface area contributed by atoms with E-state index in [2.05, 4.69) is 29.3 Å². The van der Waals surface area contributed by atoms with Gasteiger partial charge in [-0.15, -0.1) is 0 Å². The molecule has 0 atom stereocenters. The number of anilines is 2. The summed E-state index contributed by atoms with van der Waals surface area (Å²) in [5.41, 5.74) is 3.15. The number of ether oxygens (including phenoxy) is 1. The maximum atomic E-state index is 14.1. The SMILES string of the molecule is CCNc1ccc(C#N)cc1N=C1S/C(=C2\Sc3ccc(OC)cc3N2CC)C(=O)N1C1CCCCC1. The van der Waals surface area contributed by atoms with Crippen molar-refractivity contribution in [2.45, 2.75) is 56.9 Å². The molecule has 7 nitrogen and oxygen atoms in total. The molecule has 2 aromatic rings. The van der Waals surface area contributed by atoms with Crippen molar-refractivity contribution in [3.8, 4) is 11.8 Å². The van der Waals surface area contributed by atoms with Crippen LogP contribution in [0.2, 0.25) is 0 Å². The van der Waals surface area contributed by atoms with E-state index < -0.39 is 0 Å². The summed E-state index contributed by atoms with van der Waals surface area (Å²) in [5.74, 6) is 0.826. The summed E-state index contributed by atoms with van der Waals surface area (Å²) in [6, 6.07) is 13.9. The lowest BCUT2D eigenvalue weighted by molar-refractivity contribution is -0.124. The summed E-state index contributed by atoms with van der Waals surface area (Å²) in [6.07, 6.45) is 5.40. The maximum Gasteiger partial charge on any atom is 0.269 e. The Kier molecular flexibility index (Phi) is 7.68. The highest BCUT2D eigenvalue weighted by Gasteiger charge is 2.43. The van der Waals surface area contributed by atoms with Gasteiger partial charge in [-0.3, -0.25) is 9.69 Å². The molecule has 3 aliphatic rings. The van der Waals surface area contributed by atoms with Crippen LogP contribution in [0.15, 0.2) is 56.2 Å². The van der Waals surface area contributed by atoms with Crippen molar-refractivity contribution >= 4 is 51.7 Å². The summed E-state index contributed by atoms with van der Waals surface area (Å²) in [7, 11) is 1.67. The molecule has 0 unspecified atom stereocenters. The Bertz CT molecular complexity index is 1310. The van der Waals surface area contributed by atoms with Crippen molar-refractivity contribution in [3.63, 3.8) is 0 Å². The maximum absolute atomic E-state index is 14.1. The van der Waals surface area contributed by atoms with Crippen molar-refractivity contribution < 1.29 is 9.53 Å². The van der Waals surface area contributed by atoms with Crippen LogP contribution < -0.4 is 15.0 Å². The standard InChI is InChI=1S/C28H31N5O2S2/c1-4-30-21-13-11-18(17-29)15-22(21)31-28-33(19-9-7-6-8-10-19)26(34)25(37-28)27-32(5-2)23-16-20(35-3)12-14-24(23)36-27/h11-16,19,30H,4-10H2,1-3H3/b27-25-,31-28?. The minimum atomic E-state index is 0.0257. The largest absolute Gasteiger partial charge is 0.497 e. The fourth-order valence-electron chi connectivity index (χ4n) is 5.06. The highest BCUT2D eigenvalue weighted by molar-refractivity contribution is 8.19. The van der Waals surface area contributed by atoms with Crippen molar-refractivity contribution in [3.05, 3.63) is 51.9 Å². The number of nitrogens with zero attached hydrogens (tertiary/aromatic N) is 4. The van der Waals surface area contributed by atoms with Crippen molar-refractivity contribution in [1.82, 2.24) is 4.90 Å². The molecular weight excluding hydrogens is 502 g/mol. The van der Waals surface area contributed by atoms with E-state index in [0.717, 1.165) is 65.8 Å². The van der Waals surface area contributed by atoms with E-state index in [1.807, 2.05) is 30.0 Å². The number of hydrogen-bond acceptors (Lipinski definition) is 8. The van der Waals surface area contributed by atoms with E-state index in [-0.39, 0.29) is 11.9 Å². The third-order valence-corrected chi connectivity index (χ3v) is 9.24. The van der Waals surface area contributed by atoms with Gasteiger partial charge in [0.1, 0.15) is 15.7 Å². The van der Waals surface area contributed by atoms with E-state index >= 15 is 0 Å². The number of thioether (sulfide) groups is 2. The van der Waals surface area contributed by atoms with Gasteiger partial charge in [0.25, 0.3) is 5.91 Å². The summed E-state index contributed by atoms with van der Waals surface area (Å²) in [5, 5.41) is 14.5. The lowest BCUT2D eigenvalue weighted by Gasteiger charge is -2.30. The number of carbonyl (C=O) groups excluding carboxylic acids is 1. The Hall–Kier alpha value is -3.09. The molecule has 5 rings (SSSR count).